The van der Waals surface area contributed by atoms with E-state index in [0.29, 0.717) is 16.5 Å². The normalized spacial score (nSPS) is 12.2. The second-order valence-electron chi connectivity index (χ2n) is 6.52. The summed E-state index contributed by atoms with van der Waals surface area (Å²) in [4.78, 5) is 30.3. The van der Waals surface area contributed by atoms with Gasteiger partial charge < -0.3 is 9.47 Å². The number of esters is 1. The molecule has 1 amide bonds. The second kappa shape index (κ2) is 9.96. The maximum absolute atomic E-state index is 12.3. The van der Waals surface area contributed by atoms with Gasteiger partial charge in [0.2, 0.25) is 5.91 Å². The zero-order chi connectivity index (χ0) is 21.6. The van der Waals surface area contributed by atoms with Crippen LogP contribution >= 0.6 is 11.3 Å². The van der Waals surface area contributed by atoms with Crippen molar-refractivity contribution in [2.45, 2.75) is 33.8 Å². The fraction of sp³-hybridized carbons (Fsp3) is 0.333. The Labute approximate surface area is 174 Å². The summed E-state index contributed by atoms with van der Waals surface area (Å²) >= 11 is 1.24. The number of rotatable bonds is 7. The van der Waals surface area contributed by atoms with Crippen molar-refractivity contribution < 1.29 is 19.1 Å². The molecule has 0 saturated heterocycles. The van der Waals surface area contributed by atoms with Crippen LogP contribution in [-0.2, 0) is 19.1 Å². The summed E-state index contributed by atoms with van der Waals surface area (Å²) in [5.74, 6) is -0.935. The molecule has 0 spiro atoms. The zero-order valence-corrected chi connectivity index (χ0v) is 17.9. The van der Waals surface area contributed by atoms with Crippen molar-refractivity contribution in [3.63, 3.8) is 0 Å². The number of anilines is 2. The maximum Gasteiger partial charge on any atom is 0.349 e. The molecule has 1 atom stereocenters. The summed E-state index contributed by atoms with van der Waals surface area (Å²) in [6, 6.07) is 7.56. The first-order valence-electron chi connectivity index (χ1n) is 8.92. The standard InChI is InChI=1S/C21H23N3O4S/c1-13-6-7-19(8-14(13)2)24(16(4)25)21-23-18(12-29-21)9-17(10-22)20(26)28-15(3)11-27-5/h6-9,12,15H,11H2,1-5H3/b17-9+/t15-/m1/s1. The van der Waals surface area contributed by atoms with Gasteiger partial charge in [-0.3, -0.25) is 9.69 Å². The summed E-state index contributed by atoms with van der Waals surface area (Å²) < 4.78 is 10.1. The minimum atomic E-state index is -0.746. The smallest absolute Gasteiger partial charge is 0.349 e. The van der Waals surface area contributed by atoms with Crippen molar-refractivity contribution in [1.82, 2.24) is 4.98 Å². The van der Waals surface area contributed by atoms with E-state index in [2.05, 4.69) is 4.98 Å². The number of aryl methyl sites for hydroxylation is 2. The van der Waals surface area contributed by atoms with Crippen LogP contribution in [0.25, 0.3) is 6.08 Å². The molecule has 7 nitrogen and oxygen atoms in total. The van der Waals surface area contributed by atoms with Crippen LogP contribution in [0.2, 0.25) is 0 Å². The minimum absolute atomic E-state index is 0.176. The fourth-order valence-electron chi connectivity index (χ4n) is 2.54. The van der Waals surface area contributed by atoms with E-state index in [1.807, 2.05) is 38.1 Å². The van der Waals surface area contributed by atoms with Crippen molar-refractivity contribution in [2.24, 2.45) is 0 Å². The molecule has 0 unspecified atom stereocenters. The molecule has 0 radical (unpaired) electrons. The van der Waals surface area contributed by atoms with E-state index in [1.54, 1.807) is 12.3 Å². The third-order valence-electron chi connectivity index (χ3n) is 4.11. The zero-order valence-electron chi connectivity index (χ0n) is 17.1. The number of hydrogen-bond acceptors (Lipinski definition) is 7. The van der Waals surface area contributed by atoms with Crippen molar-refractivity contribution >= 4 is 40.1 Å². The highest BCUT2D eigenvalue weighted by atomic mass is 32.1. The Kier molecular flexibility index (Phi) is 7.65. The largest absolute Gasteiger partial charge is 0.456 e. The molecule has 0 bridgehead atoms. The fourth-order valence-corrected chi connectivity index (χ4v) is 3.38. The number of nitrogens with zero attached hydrogens (tertiary/aromatic N) is 3. The van der Waals surface area contributed by atoms with E-state index in [9.17, 15) is 14.9 Å². The Morgan fingerprint density at radius 1 is 1.34 bits per heavy atom. The SMILES string of the molecule is COC[C@@H](C)OC(=O)/C(C#N)=C/c1csc(N(C(C)=O)c2ccc(C)c(C)c2)n1. The first-order valence-corrected chi connectivity index (χ1v) is 9.80. The van der Waals surface area contributed by atoms with Crippen LogP contribution < -0.4 is 4.90 Å². The number of ether oxygens (including phenoxy) is 2. The van der Waals surface area contributed by atoms with Gasteiger partial charge in [0, 0.05) is 19.4 Å². The number of methoxy groups -OCH3 is 1. The van der Waals surface area contributed by atoms with Crippen LogP contribution in [0.1, 0.15) is 30.7 Å². The minimum Gasteiger partial charge on any atom is -0.456 e. The average molecular weight is 413 g/mol. The van der Waals surface area contributed by atoms with Gasteiger partial charge in [-0.25, -0.2) is 9.78 Å². The Morgan fingerprint density at radius 3 is 2.66 bits per heavy atom. The van der Waals surface area contributed by atoms with Gasteiger partial charge in [-0.2, -0.15) is 5.26 Å². The number of thiazole rings is 1. The van der Waals surface area contributed by atoms with Crippen molar-refractivity contribution in [3.8, 4) is 6.07 Å². The van der Waals surface area contributed by atoms with Crippen molar-refractivity contribution in [2.75, 3.05) is 18.6 Å². The molecule has 8 heteroatoms. The van der Waals surface area contributed by atoms with Crippen LogP contribution in [-0.4, -0.2) is 36.7 Å². The van der Waals surface area contributed by atoms with E-state index in [0.717, 1.165) is 11.1 Å². The lowest BCUT2D eigenvalue weighted by Crippen LogP contribution is -2.22. The summed E-state index contributed by atoms with van der Waals surface area (Å²) in [7, 11) is 1.50. The molecule has 1 aromatic heterocycles. The van der Waals surface area contributed by atoms with Gasteiger partial charge in [-0.1, -0.05) is 6.07 Å². The number of aromatic nitrogens is 1. The van der Waals surface area contributed by atoms with Gasteiger partial charge in [0.15, 0.2) is 5.13 Å². The molecule has 0 aliphatic heterocycles. The van der Waals surface area contributed by atoms with Gasteiger partial charge in [0.25, 0.3) is 0 Å². The van der Waals surface area contributed by atoms with Gasteiger partial charge in [-0.15, -0.1) is 11.3 Å². The van der Waals surface area contributed by atoms with Gasteiger partial charge in [0.1, 0.15) is 17.7 Å². The topological polar surface area (TPSA) is 92.5 Å². The monoisotopic (exact) mass is 413 g/mol. The summed E-state index contributed by atoms with van der Waals surface area (Å²) in [6.45, 7) is 7.34. The summed E-state index contributed by atoms with van der Waals surface area (Å²) in [5, 5.41) is 11.4. The Balaban J connectivity index is 2.30. The molecule has 2 rings (SSSR count). The third kappa shape index (κ3) is 5.73. The Morgan fingerprint density at radius 2 is 2.07 bits per heavy atom. The quantitative estimate of drug-likeness (QED) is 0.388. The van der Waals surface area contributed by atoms with Crippen LogP contribution in [0.3, 0.4) is 0 Å². The van der Waals surface area contributed by atoms with E-state index >= 15 is 0 Å². The maximum atomic E-state index is 12.3. The van der Waals surface area contributed by atoms with Gasteiger partial charge in [0.05, 0.1) is 18.0 Å². The highest BCUT2D eigenvalue weighted by Crippen LogP contribution is 2.30. The average Bonchev–Trinajstić information content (AvgIpc) is 3.10. The molecule has 0 saturated carbocycles. The predicted octanol–water partition coefficient (Wildman–Crippen LogP) is 3.93. The number of nitriles is 1. The Bertz CT molecular complexity index is 975. The molecule has 2 aromatic rings. The first kappa shape index (κ1) is 22.3. The highest BCUT2D eigenvalue weighted by Gasteiger charge is 2.20. The highest BCUT2D eigenvalue weighted by molar-refractivity contribution is 7.14. The van der Waals surface area contributed by atoms with Gasteiger partial charge >= 0.3 is 5.97 Å². The molecule has 1 aromatic carbocycles. The number of benzene rings is 1. The van der Waals surface area contributed by atoms with Crippen LogP contribution in [0.15, 0.2) is 29.2 Å². The Hall–Kier alpha value is -3.02. The van der Waals surface area contributed by atoms with Crippen molar-refractivity contribution in [3.05, 3.63) is 46.0 Å². The molecule has 1 heterocycles. The van der Waals surface area contributed by atoms with Crippen LogP contribution in [0.4, 0.5) is 10.8 Å². The number of carbonyl (C=O) groups is 2. The number of hydrogen-bond donors (Lipinski definition) is 0. The molecule has 0 aliphatic rings. The lowest BCUT2D eigenvalue weighted by atomic mass is 10.1. The second-order valence-corrected chi connectivity index (χ2v) is 7.36. The molecular weight excluding hydrogens is 390 g/mol. The molecule has 0 aliphatic carbocycles. The summed E-state index contributed by atoms with van der Waals surface area (Å²) in [5.41, 5.74) is 3.11. The number of carbonyl (C=O) groups excluding carboxylic acids is 2. The third-order valence-corrected chi connectivity index (χ3v) is 4.95. The van der Waals surface area contributed by atoms with Crippen LogP contribution in [0, 0.1) is 25.2 Å². The summed E-state index contributed by atoms with van der Waals surface area (Å²) in [6.07, 6.45) is 0.869. The van der Waals surface area contributed by atoms with Gasteiger partial charge in [-0.05, 0) is 50.1 Å². The van der Waals surface area contributed by atoms with E-state index < -0.39 is 12.1 Å². The van der Waals surface area contributed by atoms with E-state index in [1.165, 1.54) is 36.3 Å². The molecular formula is C21H23N3O4S. The van der Waals surface area contributed by atoms with Crippen LogP contribution in [0.5, 0.6) is 0 Å². The lowest BCUT2D eigenvalue weighted by Gasteiger charge is -2.19. The van der Waals surface area contributed by atoms with Crippen molar-refractivity contribution in [1.29, 1.82) is 5.26 Å². The number of amides is 1. The molecule has 29 heavy (non-hydrogen) atoms. The first-order chi connectivity index (χ1) is 13.8. The van der Waals surface area contributed by atoms with E-state index in [4.69, 9.17) is 9.47 Å². The molecule has 0 fully saturated rings. The molecule has 152 valence electrons. The molecule has 0 N–H and O–H groups in total. The lowest BCUT2D eigenvalue weighted by molar-refractivity contribution is -0.145. The van der Waals surface area contributed by atoms with E-state index in [-0.39, 0.29) is 18.1 Å². The predicted molar refractivity (Wildman–Crippen MR) is 112 cm³/mol.